The second-order valence-electron chi connectivity index (χ2n) is 4.81. The number of benzene rings is 1. The van der Waals surface area contributed by atoms with Gasteiger partial charge in [0.25, 0.3) is 0 Å². The van der Waals surface area contributed by atoms with Crippen LogP contribution in [0.1, 0.15) is 18.3 Å². The monoisotopic (exact) mass is 267 g/mol. The Bertz CT molecular complexity index is 788. The van der Waals surface area contributed by atoms with Crippen molar-refractivity contribution in [3.8, 4) is 11.3 Å². The Balaban J connectivity index is 2.29. The number of anilines is 1. The molecule has 5 nitrogen and oxygen atoms in total. The van der Waals surface area contributed by atoms with Crippen LogP contribution in [0.2, 0.25) is 0 Å². The summed E-state index contributed by atoms with van der Waals surface area (Å²) in [7, 11) is 0. The molecule has 0 aliphatic rings. The van der Waals surface area contributed by atoms with Gasteiger partial charge in [0.15, 0.2) is 5.82 Å². The van der Waals surface area contributed by atoms with E-state index >= 15 is 0 Å². The standard InChI is InChI=1S/C15H17N5/c1-4-20-10(3)13(9(2)19-20)14-15(16)18-12-8-6-5-7-11(12)17-14/h5-8H,4H2,1-3H3,(H2,16,18). The zero-order valence-electron chi connectivity index (χ0n) is 11.9. The maximum atomic E-state index is 6.10. The lowest BCUT2D eigenvalue weighted by Crippen LogP contribution is -2.01. The van der Waals surface area contributed by atoms with E-state index in [-0.39, 0.29) is 0 Å². The van der Waals surface area contributed by atoms with Crippen molar-refractivity contribution in [1.82, 2.24) is 19.7 Å². The van der Waals surface area contributed by atoms with Crippen LogP contribution in [0.15, 0.2) is 24.3 Å². The van der Waals surface area contributed by atoms with E-state index in [1.807, 2.05) is 42.8 Å². The summed E-state index contributed by atoms with van der Waals surface area (Å²) < 4.78 is 1.96. The van der Waals surface area contributed by atoms with Crippen molar-refractivity contribution in [1.29, 1.82) is 0 Å². The number of nitrogen functional groups attached to an aromatic ring is 1. The van der Waals surface area contributed by atoms with E-state index in [9.17, 15) is 0 Å². The number of nitrogens with zero attached hydrogens (tertiary/aromatic N) is 4. The molecule has 2 heterocycles. The van der Waals surface area contributed by atoms with Crippen LogP contribution >= 0.6 is 0 Å². The van der Waals surface area contributed by atoms with Gasteiger partial charge in [-0.25, -0.2) is 9.97 Å². The third-order valence-corrected chi connectivity index (χ3v) is 3.52. The topological polar surface area (TPSA) is 69.6 Å². The van der Waals surface area contributed by atoms with Crippen molar-refractivity contribution in [2.24, 2.45) is 0 Å². The first-order chi connectivity index (χ1) is 9.61. The molecule has 0 aliphatic heterocycles. The van der Waals surface area contributed by atoms with Crippen LogP contribution in [0.3, 0.4) is 0 Å². The van der Waals surface area contributed by atoms with E-state index in [0.717, 1.165) is 40.2 Å². The molecule has 3 aromatic rings. The number of fused-ring (bicyclic) bond motifs is 1. The number of rotatable bonds is 2. The normalized spacial score (nSPS) is 11.2. The molecule has 0 saturated carbocycles. The van der Waals surface area contributed by atoms with Crippen LogP contribution in [-0.2, 0) is 6.54 Å². The summed E-state index contributed by atoms with van der Waals surface area (Å²) in [5.41, 5.74) is 11.5. The number of aromatic nitrogens is 4. The van der Waals surface area contributed by atoms with Crippen LogP contribution in [0.25, 0.3) is 22.3 Å². The zero-order valence-corrected chi connectivity index (χ0v) is 11.9. The summed E-state index contributed by atoms with van der Waals surface area (Å²) in [6, 6.07) is 7.74. The summed E-state index contributed by atoms with van der Waals surface area (Å²) in [6.07, 6.45) is 0. The SMILES string of the molecule is CCn1nc(C)c(-c2nc3ccccc3nc2N)c1C. The molecule has 0 spiro atoms. The van der Waals surface area contributed by atoms with Crippen LogP contribution < -0.4 is 5.73 Å². The quantitative estimate of drug-likeness (QED) is 0.775. The number of hydrogen-bond acceptors (Lipinski definition) is 4. The highest BCUT2D eigenvalue weighted by atomic mass is 15.3. The van der Waals surface area contributed by atoms with Crippen LogP contribution in [-0.4, -0.2) is 19.7 Å². The van der Waals surface area contributed by atoms with Crippen LogP contribution in [0.5, 0.6) is 0 Å². The maximum absolute atomic E-state index is 6.10. The minimum Gasteiger partial charge on any atom is -0.382 e. The summed E-state index contributed by atoms with van der Waals surface area (Å²) in [5, 5.41) is 4.52. The fourth-order valence-corrected chi connectivity index (χ4v) is 2.55. The van der Waals surface area contributed by atoms with Crippen molar-refractivity contribution in [2.75, 3.05) is 5.73 Å². The predicted molar refractivity (Wildman–Crippen MR) is 80.3 cm³/mol. The zero-order chi connectivity index (χ0) is 14.3. The molecule has 3 rings (SSSR count). The number of nitrogens with two attached hydrogens (primary N) is 1. The second-order valence-corrected chi connectivity index (χ2v) is 4.81. The van der Waals surface area contributed by atoms with Crippen molar-refractivity contribution in [3.05, 3.63) is 35.7 Å². The third kappa shape index (κ3) is 1.82. The van der Waals surface area contributed by atoms with Gasteiger partial charge < -0.3 is 5.73 Å². The van der Waals surface area contributed by atoms with Gasteiger partial charge >= 0.3 is 0 Å². The van der Waals surface area contributed by atoms with Gasteiger partial charge in [-0.1, -0.05) is 12.1 Å². The number of hydrogen-bond donors (Lipinski definition) is 1. The average Bonchev–Trinajstić information content (AvgIpc) is 2.73. The third-order valence-electron chi connectivity index (χ3n) is 3.52. The summed E-state index contributed by atoms with van der Waals surface area (Å²) in [4.78, 5) is 9.12. The lowest BCUT2D eigenvalue weighted by Gasteiger charge is -2.07. The van der Waals surface area contributed by atoms with Crippen molar-refractivity contribution in [2.45, 2.75) is 27.3 Å². The van der Waals surface area contributed by atoms with Gasteiger partial charge in [-0.15, -0.1) is 0 Å². The first-order valence-electron chi connectivity index (χ1n) is 6.68. The molecule has 1 aromatic carbocycles. The molecule has 0 fully saturated rings. The molecule has 2 aromatic heterocycles. The molecule has 0 radical (unpaired) electrons. The first-order valence-corrected chi connectivity index (χ1v) is 6.68. The van der Waals surface area contributed by atoms with Gasteiger partial charge in [-0.2, -0.15) is 5.10 Å². The van der Waals surface area contributed by atoms with E-state index in [1.54, 1.807) is 0 Å². The van der Waals surface area contributed by atoms with Gasteiger partial charge in [-0.3, -0.25) is 4.68 Å². The fraction of sp³-hybridized carbons (Fsp3) is 0.267. The predicted octanol–water partition coefficient (Wildman–Crippen LogP) is 2.71. The number of para-hydroxylation sites is 2. The Morgan fingerprint density at radius 3 is 2.35 bits per heavy atom. The Morgan fingerprint density at radius 1 is 1.10 bits per heavy atom. The largest absolute Gasteiger partial charge is 0.382 e. The molecule has 102 valence electrons. The van der Waals surface area contributed by atoms with Gasteiger partial charge in [0, 0.05) is 17.8 Å². The highest BCUT2D eigenvalue weighted by Gasteiger charge is 2.17. The molecular weight excluding hydrogens is 250 g/mol. The summed E-state index contributed by atoms with van der Waals surface area (Å²) in [6.45, 7) is 6.91. The van der Waals surface area contributed by atoms with Crippen molar-refractivity contribution >= 4 is 16.9 Å². The molecule has 0 amide bonds. The first kappa shape index (κ1) is 12.6. The highest BCUT2D eigenvalue weighted by Crippen LogP contribution is 2.30. The van der Waals surface area contributed by atoms with Crippen molar-refractivity contribution in [3.63, 3.8) is 0 Å². The molecule has 2 N–H and O–H groups in total. The lowest BCUT2D eigenvalue weighted by molar-refractivity contribution is 0.634. The van der Waals surface area contributed by atoms with E-state index in [4.69, 9.17) is 5.73 Å². The molecule has 0 unspecified atom stereocenters. The summed E-state index contributed by atoms with van der Waals surface area (Å²) >= 11 is 0. The van der Waals surface area contributed by atoms with E-state index in [1.165, 1.54) is 0 Å². The smallest absolute Gasteiger partial charge is 0.150 e. The van der Waals surface area contributed by atoms with Gasteiger partial charge in [0.2, 0.25) is 0 Å². The highest BCUT2D eigenvalue weighted by molar-refractivity contribution is 5.83. The molecular formula is C15H17N5. The molecule has 20 heavy (non-hydrogen) atoms. The average molecular weight is 267 g/mol. The molecule has 0 bridgehead atoms. The minimum atomic E-state index is 0.450. The van der Waals surface area contributed by atoms with Gasteiger partial charge in [-0.05, 0) is 32.9 Å². The lowest BCUT2D eigenvalue weighted by atomic mass is 10.1. The van der Waals surface area contributed by atoms with E-state index < -0.39 is 0 Å². The molecule has 0 aliphatic carbocycles. The summed E-state index contributed by atoms with van der Waals surface area (Å²) in [5.74, 6) is 0.450. The Morgan fingerprint density at radius 2 is 1.75 bits per heavy atom. The van der Waals surface area contributed by atoms with E-state index in [0.29, 0.717) is 5.82 Å². The maximum Gasteiger partial charge on any atom is 0.150 e. The van der Waals surface area contributed by atoms with Gasteiger partial charge in [0.05, 0.1) is 16.7 Å². The molecule has 5 heteroatoms. The fourth-order valence-electron chi connectivity index (χ4n) is 2.55. The number of aryl methyl sites for hydroxylation is 2. The Kier molecular flexibility index (Phi) is 2.89. The van der Waals surface area contributed by atoms with Gasteiger partial charge in [0.1, 0.15) is 5.69 Å². The minimum absolute atomic E-state index is 0.450. The van der Waals surface area contributed by atoms with Crippen LogP contribution in [0, 0.1) is 13.8 Å². The van der Waals surface area contributed by atoms with E-state index in [2.05, 4.69) is 22.0 Å². The molecule has 0 atom stereocenters. The van der Waals surface area contributed by atoms with Crippen LogP contribution in [0.4, 0.5) is 5.82 Å². The Hall–Kier alpha value is -2.43. The molecule has 0 saturated heterocycles. The Labute approximate surface area is 117 Å². The van der Waals surface area contributed by atoms with Crippen molar-refractivity contribution < 1.29 is 0 Å². The second kappa shape index (κ2) is 4.59.